The number of rotatable bonds is 2. The molecule has 106 valence electrons. The molecule has 0 spiro atoms. The first-order chi connectivity index (χ1) is 9.57. The molecular formula is C13H13F2N3O2. The summed E-state index contributed by atoms with van der Waals surface area (Å²) >= 11 is 0. The zero-order chi connectivity index (χ0) is 14.2. The van der Waals surface area contributed by atoms with Crippen molar-refractivity contribution in [2.75, 3.05) is 13.1 Å². The van der Waals surface area contributed by atoms with Crippen molar-refractivity contribution in [1.82, 2.24) is 9.88 Å². The van der Waals surface area contributed by atoms with Crippen molar-refractivity contribution in [2.24, 2.45) is 4.99 Å². The van der Waals surface area contributed by atoms with Crippen molar-refractivity contribution < 1.29 is 18.3 Å². The molecule has 0 bridgehead atoms. The second-order valence-corrected chi connectivity index (χ2v) is 4.90. The smallest absolute Gasteiger partial charge is 0.267 e. The van der Waals surface area contributed by atoms with Crippen LogP contribution in [-0.2, 0) is 9.53 Å². The summed E-state index contributed by atoms with van der Waals surface area (Å²) in [4.78, 5) is 21.3. The fourth-order valence-corrected chi connectivity index (χ4v) is 2.44. The van der Waals surface area contributed by atoms with Gasteiger partial charge < -0.3 is 9.64 Å². The minimum atomic E-state index is -2.80. The van der Waals surface area contributed by atoms with Crippen LogP contribution in [0.2, 0.25) is 0 Å². The van der Waals surface area contributed by atoms with E-state index in [1.807, 2.05) is 0 Å². The van der Waals surface area contributed by atoms with Crippen molar-refractivity contribution >= 4 is 12.3 Å². The van der Waals surface area contributed by atoms with E-state index in [0.29, 0.717) is 0 Å². The summed E-state index contributed by atoms with van der Waals surface area (Å²) in [6, 6.07) is 2.64. The highest BCUT2D eigenvalue weighted by Crippen LogP contribution is 2.32. The summed E-state index contributed by atoms with van der Waals surface area (Å²) in [7, 11) is 0. The van der Waals surface area contributed by atoms with Gasteiger partial charge in [-0.3, -0.25) is 9.78 Å². The predicted octanol–water partition coefficient (Wildman–Crippen LogP) is 1.42. The van der Waals surface area contributed by atoms with E-state index < -0.39 is 30.5 Å². The minimum Gasteiger partial charge on any atom is -0.473 e. The monoisotopic (exact) mass is 281 g/mol. The van der Waals surface area contributed by atoms with Crippen molar-refractivity contribution in [3.63, 3.8) is 0 Å². The van der Waals surface area contributed by atoms with Crippen LogP contribution in [0.3, 0.4) is 0 Å². The number of aliphatic imine (C=N–C) groups is 1. The Labute approximate surface area is 114 Å². The van der Waals surface area contributed by atoms with Gasteiger partial charge in [-0.25, -0.2) is 13.8 Å². The van der Waals surface area contributed by atoms with Crippen molar-refractivity contribution in [2.45, 2.75) is 24.5 Å². The zero-order valence-electron chi connectivity index (χ0n) is 10.6. The second-order valence-electron chi connectivity index (χ2n) is 4.90. The molecule has 0 N–H and O–H groups in total. The summed E-state index contributed by atoms with van der Waals surface area (Å²) in [5.41, 5.74) is 0.752. The van der Waals surface area contributed by atoms with Gasteiger partial charge in [0.05, 0.1) is 6.54 Å². The van der Waals surface area contributed by atoms with Gasteiger partial charge in [-0.1, -0.05) is 0 Å². The number of likely N-dealkylation sites (tertiary alicyclic amines) is 1. The first kappa shape index (κ1) is 13.0. The van der Waals surface area contributed by atoms with Gasteiger partial charge in [-0.15, -0.1) is 0 Å². The minimum absolute atomic E-state index is 0.0565. The number of aromatic nitrogens is 1. The van der Waals surface area contributed by atoms with Crippen LogP contribution in [-0.4, -0.2) is 47.2 Å². The molecular weight excluding hydrogens is 268 g/mol. The van der Waals surface area contributed by atoms with Crippen LogP contribution in [0, 0.1) is 0 Å². The van der Waals surface area contributed by atoms with E-state index in [2.05, 4.69) is 9.98 Å². The third-order valence-corrected chi connectivity index (χ3v) is 3.48. The molecule has 1 aromatic heterocycles. The van der Waals surface area contributed by atoms with E-state index in [1.165, 1.54) is 6.40 Å². The molecule has 7 heteroatoms. The van der Waals surface area contributed by atoms with Crippen LogP contribution < -0.4 is 0 Å². The number of hydrogen-bond acceptors (Lipinski definition) is 4. The molecule has 1 saturated heterocycles. The standard InChI is InChI=1S/C13H13F2N3O2/c14-13(15)3-6-18(7-13)12(19)10-11(20-8-17-10)9-1-4-16-5-2-9/h1-2,4-5,8,10-11H,3,6-7H2/t10-,11+/m0/s1. The Bertz CT molecular complexity index is 536. The fourth-order valence-electron chi connectivity index (χ4n) is 2.44. The maximum absolute atomic E-state index is 13.2. The molecule has 0 unspecified atom stereocenters. The maximum atomic E-state index is 13.2. The van der Waals surface area contributed by atoms with Crippen LogP contribution in [0.4, 0.5) is 8.78 Å². The molecule has 2 aliphatic heterocycles. The summed E-state index contributed by atoms with van der Waals surface area (Å²) < 4.78 is 31.7. The largest absolute Gasteiger partial charge is 0.473 e. The van der Waals surface area contributed by atoms with Gasteiger partial charge in [0, 0.05) is 25.4 Å². The summed E-state index contributed by atoms with van der Waals surface area (Å²) in [6.07, 6.45) is 3.52. The average molecular weight is 281 g/mol. The highest BCUT2D eigenvalue weighted by molar-refractivity contribution is 5.85. The van der Waals surface area contributed by atoms with E-state index in [1.54, 1.807) is 24.5 Å². The van der Waals surface area contributed by atoms with Crippen molar-refractivity contribution in [3.05, 3.63) is 30.1 Å². The van der Waals surface area contributed by atoms with E-state index >= 15 is 0 Å². The van der Waals surface area contributed by atoms with E-state index in [9.17, 15) is 13.6 Å². The third-order valence-electron chi connectivity index (χ3n) is 3.48. The Morgan fingerprint density at radius 3 is 2.80 bits per heavy atom. The number of carbonyl (C=O) groups is 1. The highest BCUT2D eigenvalue weighted by Gasteiger charge is 2.44. The molecule has 1 aromatic rings. The summed E-state index contributed by atoms with van der Waals surface area (Å²) in [5.74, 6) is -3.22. The van der Waals surface area contributed by atoms with E-state index in [-0.39, 0.29) is 13.0 Å². The first-order valence-corrected chi connectivity index (χ1v) is 6.30. The zero-order valence-corrected chi connectivity index (χ0v) is 10.6. The van der Waals surface area contributed by atoms with Gasteiger partial charge >= 0.3 is 0 Å². The number of hydrogen-bond donors (Lipinski definition) is 0. The number of alkyl halides is 2. The van der Waals surface area contributed by atoms with Gasteiger partial charge in [0.25, 0.3) is 11.8 Å². The fraction of sp³-hybridized carbons (Fsp3) is 0.462. The number of ether oxygens (including phenoxy) is 1. The quantitative estimate of drug-likeness (QED) is 0.823. The lowest BCUT2D eigenvalue weighted by Crippen LogP contribution is -2.40. The first-order valence-electron chi connectivity index (χ1n) is 6.30. The number of carbonyl (C=O) groups excluding carboxylic acids is 1. The second kappa shape index (κ2) is 4.81. The van der Waals surface area contributed by atoms with Crippen LogP contribution >= 0.6 is 0 Å². The Morgan fingerprint density at radius 1 is 1.40 bits per heavy atom. The van der Waals surface area contributed by atoms with Gasteiger partial charge in [0.15, 0.2) is 18.5 Å². The molecule has 1 fully saturated rings. The van der Waals surface area contributed by atoms with Crippen LogP contribution in [0.15, 0.2) is 29.5 Å². The average Bonchev–Trinajstić information content (AvgIpc) is 3.05. The van der Waals surface area contributed by atoms with Crippen molar-refractivity contribution in [1.29, 1.82) is 0 Å². The van der Waals surface area contributed by atoms with Crippen molar-refractivity contribution in [3.8, 4) is 0 Å². The SMILES string of the molecule is O=C([C@H]1N=CO[C@@H]1c1ccncc1)N1CCC(F)(F)C1. The van der Waals surface area contributed by atoms with E-state index in [4.69, 9.17) is 4.74 Å². The normalized spacial score (nSPS) is 27.6. The lowest BCUT2D eigenvalue weighted by molar-refractivity contribution is -0.134. The molecule has 3 rings (SSSR count). The molecule has 3 heterocycles. The Balaban J connectivity index is 1.76. The number of amides is 1. The maximum Gasteiger partial charge on any atom is 0.267 e. The summed E-state index contributed by atoms with van der Waals surface area (Å²) in [5, 5.41) is 0. The lowest BCUT2D eigenvalue weighted by atomic mass is 10.0. The summed E-state index contributed by atoms with van der Waals surface area (Å²) in [6.45, 7) is -0.484. The Kier molecular flexibility index (Phi) is 3.11. The Hall–Kier alpha value is -2.05. The van der Waals surface area contributed by atoms with E-state index in [0.717, 1.165) is 10.5 Å². The lowest BCUT2D eigenvalue weighted by Gasteiger charge is -2.22. The molecule has 0 aromatic carbocycles. The molecule has 2 aliphatic rings. The molecule has 1 amide bonds. The molecule has 20 heavy (non-hydrogen) atoms. The van der Waals surface area contributed by atoms with Gasteiger partial charge in [0.2, 0.25) is 0 Å². The van der Waals surface area contributed by atoms with Gasteiger partial charge in [-0.05, 0) is 17.7 Å². The molecule has 5 nitrogen and oxygen atoms in total. The van der Waals surface area contributed by atoms with Crippen LogP contribution in [0.5, 0.6) is 0 Å². The molecule has 2 atom stereocenters. The van der Waals surface area contributed by atoms with Gasteiger partial charge in [-0.2, -0.15) is 0 Å². The van der Waals surface area contributed by atoms with Gasteiger partial charge in [0.1, 0.15) is 0 Å². The Morgan fingerprint density at radius 2 is 2.15 bits per heavy atom. The number of halogens is 2. The topological polar surface area (TPSA) is 54.8 Å². The highest BCUT2D eigenvalue weighted by atomic mass is 19.3. The number of pyridine rings is 1. The number of nitrogens with zero attached hydrogens (tertiary/aromatic N) is 3. The molecule has 0 radical (unpaired) electrons. The predicted molar refractivity (Wildman–Crippen MR) is 66.5 cm³/mol. The molecule has 0 saturated carbocycles. The van der Waals surface area contributed by atoms with Crippen LogP contribution in [0.25, 0.3) is 0 Å². The molecule has 0 aliphatic carbocycles. The van der Waals surface area contributed by atoms with Crippen LogP contribution in [0.1, 0.15) is 18.1 Å². The third kappa shape index (κ3) is 2.35.